The minimum absolute atomic E-state index is 0.0400. The van der Waals surface area contributed by atoms with Crippen molar-refractivity contribution >= 4 is 21.9 Å². The predicted molar refractivity (Wildman–Crippen MR) is 84.7 cm³/mol. The number of benzene rings is 1. The number of rotatable bonds is 2. The van der Waals surface area contributed by atoms with Crippen LogP contribution in [0.15, 0.2) is 27.0 Å². The van der Waals surface area contributed by atoms with Gasteiger partial charge >= 0.3 is 0 Å². The van der Waals surface area contributed by atoms with Gasteiger partial charge < -0.3 is 14.6 Å². The zero-order valence-electron chi connectivity index (χ0n) is 12.7. The van der Waals surface area contributed by atoms with Crippen LogP contribution >= 0.6 is 0 Å². The van der Waals surface area contributed by atoms with Gasteiger partial charge in [0, 0.05) is 28.3 Å². The maximum atomic E-state index is 6.22. The molecule has 2 heterocycles. The summed E-state index contributed by atoms with van der Waals surface area (Å²) in [5.41, 5.74) is 9.50. The molecule has 1 saturated carbocycles. The molecule has 0 saturated heterocycles. The van der Waals surface area contributed by atoms with Gasteiger partial charge in [0.2, 0.25) is 0 Å². The highest BCUT2D eigenvalue weighted by Gasteiger charge is 2.38. The van der Waals surface area contributed by atoms with E-state index in [1.165, 1.54) is 23.8 Å². The molecular weight excluding hydrogens is 262 g/mol. The SMILES string of the molecule is Cc1cc2c(C3(CN)CCCC3)c3oc(C)cc3cc2o1. The van der Waals surface area contributed by atoms with Gasteiger partial charge in [0.15, 0.2) is 0 Å². The Balaban J connectivity index is 2.15. The molecule has 0 atom stereocenters. The van der Waals surface area contributed by atoms with Crippen molar-refractivity contribution in [1.82, 2.24) is 0 Å². The predicted octanol–water partition coefficient (Wildman–Crippen LogP) is 4.57. The van der Waals surface area contributed by atoms with E-state index < -0.39 is 0 Å². The standard InChI is InChI=1S/C18H21NO2/c1-11-7-13-9-15-14(8-12(2)20-15)16(17(13)21-11)18(10-19)5-3-4-6-18/h7-9H,3-6,10,19H2,1-2H3. The molecule has 3 heteroatoms. The number of aryl methyl sites for hydroxylation is 2. The van der Waals surface area contributed by atoms with E-state index >= 15 is 0 Å². The minimum atomic E-state index is 0.0400. The molecule has 110 valence electrons. The van der Waals surface area contributed by atoms with Crippen molar-refractivity contribution in [1.29, 1.82) is 0 Å². The molecule has 2 aromatic heterocycles. The van der Waals surface area contributed by atoms with Crippen LogP contribution in [-0.4, -0.2) is 6.54 Å². The molecule has 0 amide bonds. The van der Waals surface area contributed by atoms with E-state index in [2.05, 4.69) is 18.2 Å². The molecule has 0 radical (unpaired) electrons. The highest BCUT2D eigenvalue weighted by Crippen LogP contribution is 2.47. The van der Waals surface area contributed by atoms with Crippen LogP contribution in [0.1, 0.15) is 42.8 Å². The van der Waals surface area contributed by atoms with Crippen LogP contribution in [0.25, 0.3) is 21.9 Å². The van der Waals surface area contributed by atoms with E-state index in [-0.39, 0.29) is 5.41 Å². The molecule has 4 rings (SSSR count). The van der Waals surface area contributed by atoms with Crippen molar-refractivity contribution in [2.45, 2.75) is 44.9 Å². The van der Waals surface area contributed by atoms with E-state index in [9.17, 15) is 0 Å². The van der Waals surface area contributed by atoms with E-state index in [0.717, 1.165) is 40.9 Å². The Labute approximate surface area is 124 Å². The van der Waals surface area contributed by atoms with Gasteiger partial charge in [-0.05, 0) is 44.9 Å². The van der Waals surface area contributed by atoms with Crippen LogP contribution in [-0.2, 0) is 5.41 Å². The zero-order valence-corrected chi connectivity index (χ0v) is 12.7. The van der Waals surface area contributed by atoms with Gasteiger partial charge in [-0.3, -0.25) is 0 Å². The van der Waals surface area contributed by atoms with Crippen molar-refractivity contribution in [3.63, 3.8) is 0 Å². The van der Waals surface area contributed by atoms with Crippen molar-refractivity contribution in [2.75, 3.05) is 6.54 Å². The Morgan fingerprint density at radius 3 is 2.48 bits per heavy atom. The normalized spacial score (nSPS) is 18.0. The smallest absolute Gasteiger partial charge is 0.138 e. The lowest BCUT2D eigenvalue weighted by Gasteiger charge is -2.28. The third-order valence-corrected chi connectivity index (χ3v) is 5.03. The van der Waals surface area contributed by atoms with Crippen LogP contribution in [0.2, 0.25) is 0 Å². The first-order valence-corrected chi connectivity index (χ1v) is 7.77. The molecule has 2 N–H and O–H groups in total. The largest absolute Gasteiger partial charge is 0.461 e. The first-order valence-electron chi connectivity index (χ1n) is 7.77. The Kier molecular flexibility index (Phi) is 2.70. The van der Waals surface area contributed by atoms with E-state index in [1.54, 1.807) is 0 Å². The second kappa shape index (κ2) is 4.38. The highest BCUT2D eigenvalue weighted by molar-refractivity contribution is 5.99. The monoisotopic (exact) mass is 283 g/mol. The zero-order chi connectivity index (χ0) is 14.6. The molecule has 1 aliphatic carbocycles. The fourth-order valence-electron chi connectivity index (χ4n) is 4.07. The Morgan fingerprint density at radius 2 is 1.76 bits per heavy atom. The van der Waals surface area contributed by atoms with Gasteiger partial charge in [-0.2, -0.15) is 0 Å². The number of hydrogen-bond acceptors (Lipinski definition) is 3. The van der Waals surface area contributed by atoms with Crippen molar-refractivity contribution in [3.05, 3.63) is 35.3 Å². The number of furan rings is 2. The molecule has 1 aromatic carbocycles. The maximum absolute atomic E-state index is 6.22. The second-order valence-electron chi connectivity index (χ2n) is 6.49. The first kappa shape index (κ1) is 13.0. The van der Waals surface area contributed by atoms with Crippen LogP contribution in [0.4, 0.5) is 0 Å². The molecule has 1 fully saturated rings. The van der Waals surface area contributed by atoms with Crippen molar-refractivity contribution in [2.24, 2.45) is 5.73 Å². The summed E-state index contributed by atoms with van der Waals surface area (Å²) in [5.74, 6) is 1.89. The number of fused-ring (bicyclic) bond motifs is 2. The third kappa shape index (κ3) is 1.77. The van der Waals surface area contributed by atoms with Gasteiger partial charge in [-0.1, -0.05) is 12.8 Å². The van der Waals surface area contributed by atoms with Crippen LogP contribution in [0.5, 0.6) is 0 Å². The van der Waals surface area contributed by atoms with Gasteiger partial charge in [-0.25, -0.2) is 0 Å². The molecule has 0 spiro atoms. The van der Waals surface area contributed by atoms with Crippen molar-refractivity contribution in [3.8, 4) is 0 Å². The van der Waals surface area contributed by atoms with Crippen molar-refractivity contribution < 1.29 is 8.83 Å². The fourth-order valence-corrected chi connectivity index (χ4v) is 4.07. The van der Waals surface area contributed by atoms with Gasteiger partial charge in [0.05, 0.1) is 0 Å². The second-order valence-corrected chi connectivity index (χ2v) is 6.49. The fraction of sp³-hybridized carbons (Fsp3) is 0.444. The van der Waals surface area contributed by atoms with Gasteiger partial charge in [0.25, 0.3) is 0 Å². The Hall–Kier alpha value is -1.74. The average Bonchev–Trinajstić information content (AvgIpc) is 3.13. The highest BCUT2D eigenvalue weighted by atomic mass is 16.3. The topological polar surface area (TPSA) is 52.3 Å². The van der Waals surface area contributed by atoms with Gasteiger partial charge in [0.1, 0.15) is 22.7 Å². The molecule has 0 bridgehead atoms. The maximum Gasteiger partial charge on any atom is 0.138 e. The van der Waals surface area contributed by atoms with E-state index in [1.807, 2.05) is 13.8 Å². The van der Waals surface area contributed by atoms with E-state index in [0.29, 0.717) is 6.54 Å². The lowest BCUT2D eigenvalue weighted by atomic mass is 9.77. The molecular formula is C18H21NO2. The average molecular weight is 283 g/mol. The lowest BCUT2D eigenvalue weighted by Crippen LogP contribution is -2.32. The summed E-state index contributed by atoms with van der Waals surface area (Å²) in [6.45, 7) is 4.67. The minimum Gasteiger partial charge on any atom is -0.461 e. The summed E-state index contributed by atoms with van der Waals surface area (Å²) in [7, 11) is 0. The molecule has 3 nitrogen and oxygen atoms in total. The summed E-state index contributed by atoms with van der Waals surface area (Å²) in [6.07, 6.45) is 4.76. The Morgan fingerprint density at radius 1 is 1.05 bits per heavy atom. The molecule has 0 unspecified atom stereocenters. The van der Waals surface area contributed by atoms with Crippen LogP contribution in [0, 0.1) is 13.8 Å². The molecule has 0 aliphatic heterocycles. The molecule has 21 heavy (non-hydrogen) atoms. The number of nitrogens with two attached hydrogens (primary N) is 1. The summed E-state index contributed by atoms with van der Waals surface area (Å²) in [5, 5.41) is 2.31. The molecule has 1 aliphatic rings. The quantitative estimate of drug-likeness (QED) is 0.749. The molecule has 3 aromatic rings. The Bertz CT molecular complexity index is 764. The van der Waals surface area contributed by atoms with Crippen LogP contribution < -0.4 is 5.73 Å². The summed E-state index contributed by atoms with van der Waals surface area (Å²) < 4.78 is 12.0. The first-order chi connectivity index (χ1) is 10.1. The number of hydrogen-bond donors (Lipinski definition) is 1. The summed E-state index contributed by atoms with van der Waals surface area (Å²) in [4.78, 5) is 0. The lowest BCUT2D eigenvalue weighted by molar-refractivity contribution is 0.449. The summed E-state index contributed by atoms with van der Waals surface area (Å²) in [6, 6.07) is 6.32. The van der Waals surface area contributed by atoms with Crippen LogP contribution in [0.3, 0.4) is 0 Å². The third-order valence-electron chi connectivity index (χ3n) is 5.03. The summed E-state index contributed by atoms with van der Waals surface area (Å²) >= 11 is 0. The van der Waals surface area contributed by atoms with Gasteiger partial charge in [-0.15, -0.1) is 0 Å². The van der Waals surface area contributed by atoms with E-state index in [4.69, 9.17) is 14.6 Å².